The van der Waals surface area contributed by atoms with E-state index in [1.165, 1.54) is 0 Å². The molecule has 0 saturated heterocycles. The SMILES string of the molecule is CCNC(c1ccc(F)cc1)C(C)(CC)N(CC)CC. The second kappa shape index (κ2) is 7.75. The van der Waals surface area contributed by atoms with Crippen LogP contribution in [0.3, 0.4) is 0 Å². The third-order valence-corrected chi connectivity index (χ3v) is 4.44. The first kappa shape index (κ1) is 17.1. The maximum absolute atomic E-state index is 13.2. The second-order valence-electron chi connectivity index (χ2n) is 5.43. The Labute approximate surface area is 123 Å². The molecule has 20 heavy (non-hydrogen) atoms. The number of nitrogens with one attached hydrogen (secondary N) is 1. The van der Waals surface area contributed by atoms with E-state index in [-0.39, 0.29) is 17.4 Å². The van der Waals surface area contributed by atoms with Crippen LogP contribution < -0.4 is 5.32 Å². The van der Waals surface area contributed by atoms with Crippen LogP contribution in [0.25, 0.3) is 0 Å². The molecule has 0 aliphatic carbocycles. The Bertz CT molecular complexity index is 386. The van der Waals surface area contributed by atoms with Crippen molar-refractivity contribution >= 4 is 0 Å². The van der Waals surface area contributed by atoms with Gasteiger partial charge in [0.15, 0.2) is 0 Å². The van der Waals surface area contributed by atoms with Gasteiger partial charge in [-0.25, -0.2) is 4.39 Å². The van der Waals surface area contributed by atoms with Crippen molar-refractivity contribution in [2.24, 2.45) is 0 Å². The van der Waals surface area contributed by atoms with Crippen LogP contribution in [0.5, 0.6) is 0 Å². The number of hydrogen-bond acceptors (Lipinski definition) is 2. The van der Waals surface area contributed by atoms with E-state index in [1.54, 1.807) is 12.1 Å². The summed E-state index contributed by atoms with van der Waals surface area (Å²) in [5.74, 6) is -0.176. The van der Waals surface area contributed by atoms with Crippen molar-refractivity contribution in [1.82, 2.24) is 10.2 Å². The van der Waals surface area contributed by atoms with Gasteiger partial charge in [-0.2, -0.15) is 0 Å². The van der Waals surface area contributed by atoms with Crippen LogP contribution in [0.2, 0.25) is 0 Å². The molecule has 1 aromatic carbocycles. The van der Waals surface area contributed by atoms with Gasteiger partial charge in [-0.05, 0) is 50.7 Å². The quantitative estimate of drug-likeness (QED) is 0.774. The fourth-order valence-corrected chi connectivity index (χ4v) is 3.11. The van der Waals surface area contributed by atoms with Crippen molar-refractivity contribution < 1.29 is 4.39 Å². The molecule has 0 aliphatic rings. The van der Waals surface area contributed by atoms with Gasteiger partial charge in [0.2, 0.25) is 0 Å². The maximum atomic E-state index is 13.2. The lowest BCUT2D eigenvalue weighted by Crippen LogP contribution is -2.54. The van der Waals surface area contributed by atoms with Crippen LogP contribution in [-0.4, -0.2) is 30.1 Å². The lowest BCUT2D eigenvalue weighted by molar-refractivity contribution is 0.0704. The third-order valence-electron chi connectivity index (χ3n) is 4.44. The summed E-state index contributed by atoms with van der Waals surface area (Å²) in [6.45, 7) is 14.0. The largest absolute Gasteiger partial charge is 0.309 e. The summed E-state index contributed by atoms with van der Waals surface area (Å²) in [6.07, 6.45) is 1.05. The van der Waals surface area contributed by atoms with E-state index in [1.807, 2.05) is 12.1 Å². The maximum Gasteiger partial charge on any atom is 0.123 e. The van der Waals surface area contributed by atoms with E-state index >= 15 is 0 Å². The van der Waals surface area contributed by atoms with Gasteiger partial charge in [-0.15, -0.1) is 0 Å². The van der Waals surface area contributed by atoms with Crippen molar-refractivity contribution in [3.05, 3.63) is 35.6 Å². The van der Waals surface area contributed by atoms with E-state index in [4.69, 9.17) is 0 Å². The van der Waals surface area contributed by atoms with Gasteiger partial charge in [-0.3, -0.25) is 4.90 Å². The Morgan fingerprint density at radius 2 is 1.65 bits per heavy atom. The number of hydrogen-bond donors (Lipinski definition) is 1. The number of likely N-dealkylation sites (N-methyl/N-ethyl adjacent to an activating group) is 2. The molecule has 2 atom stereocenters. The average Bonchev–Trinajstić information content (AvgIpc) is 2.47. The molecule has 0 aromatic heterocycles. The zero-order chi connectivity index (χ0) is 15.2. The minimum atomic E-state index is -0.176. The molecule has 1 aromatic rings. The minimum absolute atomic E-state index is 0.0251. The predicted octanol–water partition coefficient (Wildman–Crippen LogP) is 3.99. The van der Waals surface area contributed by atoms with Gasteiger partial charge in [0.1, 0.15) is 5.82 Å². The summed E-state index contributed by atoms with van der Waals surface area (Å²) in [5, 5.41) is 3.59. The van der Waals surface area contributed by atoms with Gasteiger partial charge in [-0.1, -0.05) is 39.8 Å². The van der Waals surface area contributed by atoms with Gasteiger partial charge < -0.3 is 5.32 Å². The smallest absolute Gasteiger partial charge is 0.123 e. The molecule has 2 nitrogen and oxygen atoms in total. The molecular weight excluding hydrogens is 251 g/mol. The number of halogens is 1. The lowest BCUT2D eigenvalue weighted by Gasteiger charge is -2.46. The minimum Gasteiger partial charge on any atom is -0.309 e. The van der Waals surface area contributed by atoms with E-state index in [0.29, 0.717) is 0 Å². The van der Waals surface area contributed by atoms with Crippen LogP contribution in [0, 0.1) is 5.82 Å². The number of nitrogens with zero attached hydrogens (tertiary/aromatic N) is 1. The van der Waals surface area contributed by atoms with E-state index in [0.717, 1.165) is 31.6 Å². The Morgan fingerprint density at radius 1 is 1.10 bits per heavy atom. The molecule has 0 aliphatic heterocycles. The monoisotopic (exact) mass is 280 g/mol. The highest BCUT2D eigenvalue weighted by Crippen LogP contribution is 2.34. The molecule has 1 rings (SSSR count). The Balaban J connectivity index is 3.18. The molecule has 0 saturated carbocycles. The molecule has 114 valence electrons. The van der Waals surface area contributed by atoms with Gasteiger partial charge in [0.25, 0.3) is 0 Å². The van der Waals surface area contributed by atoms with Crippen LogP contribution in [0.15, 0.2) is 24.3 Å². The summed E-state index contributed by atoms with van der Waals surface area (Å²) >= 11 is 0. The summed E-state index contributed by atoms with van der Waals surface area (Å²) in [5.41, 5.74) is 1.18. The van der Waals surface area contributed by atoms with Gasteiger partial charge >= 0.3 is 0 Å². The van der Waals surface area contributed by atoms with Crippen LogP contribution in [0.1, 0.15) is 52.6 Å². The molecule has 0 heterocycles. The first-order valence-corrected chi connectivity index (χ1v) is 7.77. The molecule has 0 spiro atoms. The van der Waals surface area contributed by atoms with Crippen molar-refractivity contribution in [1.29, 1.82) is 0 Å². The Hall–Kier alpha value is -0.930. The fraction of sp³-hybridized carbons (Fsp3) is 0.647. The molecule has 3 heteroatoms. The lowest BCUT2D eigenvalue weighted by atomic mass is 9.82. The van der Waals surface area contributed by atoms with Crippen molar-refractivity contribution in [3.63, 3.8) is 0 Å². The predicted molar refractivity (Wildman–Crippen MR) is 84.4 cm³/mol. The third kappa shape index (κ3) is 3.58. The van der Waals surface area contributed by atoms with E-state index in [9.17, 15) is 4.39 Å². The molecule has 0 bridgehead atoms. The summed E-state index contributed by atoms with van der Waals surface area (Å²) in [6, 6.07) is 7.12. The van der Waals surface area contributed by atoms with Crippen molar-refractivity contribution in [2.45, 2.75) is 52.6 Å². The fourth-order valence-electron chi connectivity index (χ4n) is 3.11. The van der Waals surface area contributed by atoms with Crippen LogP contribution in [0.4, 0.5) is 4.39 Å². The Kier molecular flexibility index (Phi) is 6.63. The van der Waals surface area contributed by atoms with Gasteiger partial charge in [0, 0.05) is 5.54 Å². The van der Waals surface area contributed by atoms with Crippen molar-refractivity contribution in [3.8, 4) is 0 Å². The first-order chi connectivity index (χ1) is 9.53. The normalized spacial score (nSPS) is 16.1. The summed E-state index contributed by atoms with van der Waals surface area (Å²) in [4.78, 5) is 2.49. The zero-order valence-electron chi connectivity index (χ0n) is 13.5. The highest BCUT2D eigenvalue weighted by molar-refractivity contribution is 5.24. The Morgan fingerprint density at radius 3 is 2.05 bits per heavy atom. The van der Waals surface area contributed by atoms with Crippen molar-refractivity contribution in [2.75, 3.05) is 19.6 Å². The van der Waals surface area contributed by atoms with E-state index in [2.05, 4.69) is 44.8 Å². The molecular formula is C17H29FN2. The first-order valence-electron chi connectivity index (χ1n) is 7.77. The molecule has 0 fully saturated rings. The van der Waals surface area contributed by atoms with Crippen LogP contribution in [-0.2, 0) is 0 Å². The zero-order valence-corrected chi connectivity index (χ0v) is 13.5. The molecule has 2 unspecified atom stereocenters. The molecule has 0 amide bonds. The standard InChI is InChI=1S/C17H29FN2/c1-6-17(5,20(8-3)9-4)16(19-7-2)14-10-12-15(18)13-11-14/h10-13,16,19H,6-9H2,1-5H3. The average molecular weight is 280 g/mol. The molecule has 0 radical (unpaired) electrons. The summed E-state index contributed by atoms with van der Waals surface area (Å²) < 4.78 is 13.2. The highest BCUT2D eigenvalue weighted by atomic mass is 19.1. The second-order valence-corrected chi connectivity index (χ2v) is 5.43. The molecule has 1 N–H and O–H groups in total. The topological polar surface area (TPSA) is 15.3 Å². The van der Waals surface area contributed by atoms with Crippen LogP contribution >= 0.6 is 0 Å². The van der Waals surface area contributed by atoms with E-state index < -0.39 is 0 Å². The highest BCUT2D eigenvalue weighted by Gasteiger charge is 2.37. The number of benzene rings is 1. The summed E-state index contributed by atoms with van der Waals surface area (Å²) in [7, 11) is 0. The van der Waals surface area contributed by atoms with Gasteiger partial charge in [0.05, 0.1) is 6.04 Å². The number of rotatable bonds is 8.